The van der Waals surface area contributed by atoms with Crippen LogP contribution in [0.2, 0.25) is 5.02 Å². The number of likely N-dealkylation sites (tertiary alicyclic amines) is 1. The number of alkyl halides is 3. The van der Waals surface area contributed by atoms with Crippen LogP contribution in [0.15, 0.2) is 24.3 Å². The molecular formula is C30H46ClF3N2O3. The second-order valence-electron chi connectivity index (χ2n) is 11.6. The highest BCUT2D eigenvalue weighted by atomic mass is 35.5. The predicted molar refractivity (Wildman–Crippen MR) is 149 cm³/mol. The molecule has 1 saturated heterocycles. The largest absolute Gasteiger partial charge is 0.401 e. The van der Waals surface area contributed by atoms with E-state index in [0.29, 0.717) is 37.1 Å². The summed E-state index contributed by atoms with van der Waals surface area (Å²) < 4.78 is 43.6. The molecule has 2 fully saturated rings. The van der Waals surface area contributed by atoms with Gasteiger partial charge in [-0.1, -0.05) is 55.8 Å². The van der Waals surface area contributed by atoms with Crippen LogP contribution < -0.4 is 5.32 Å². The number of carbonyl (C=O) groups excluding carboxylic acids is 1. The van der Waals surface area contributed by atoms with Crippen molar-refractivity contribution in [3.8, 4) is 0 Å². The minimum atomic E-state index is -4.27. The molecule has 5 nitrogen and oxygen atoms in total. The molecule has 1 amide bonds. The Kier molecular flexibility index (Phi) is 12.9. The summed E-state index contributed by atoms with van der Waals surface area (Å²) >= 11 is 6.29. The molecule has 3 atom stereocenters. The lowest BCUT2D eigenvalue weighted by molar-refractivity contribution is -0.138. The minimum Gasteiger partial charge on any atom is -0.385 e. The van der Waals surface area contributed by atoms with E-state index in [2.05, 4.69) is 5.32 Å². The zero-order valence-electron chi connectivity index (χ0n) is 23.3. The van der Waals surface area contributed by atoms with E-state index in [1.165, 1.54) is 6.42 Å². The van der Waals surface area contributed by atoms with Gasteiger partial charge in [-0.15, -0.1) is 0 Å². The molecule has 2 N–H and O–H groups in total. The van der Waals surface area contributed by atoms with Gasteiger partial charge in [0.15, 0.2) is 0 Å². The number of nitrogens with one attached hydrogen (secondary N) is 1. The van der Waals surface area contributed by atoms with Crippen LogP contribution in [-0.4, -0.2) is 62.0 Å². The van der Waals surface area contributed by atoms with Crippen molar-refractivity contribution >= 4 is 17.5 Å². The van der Waals surface area contributed by atoms with Gasteiger partial charge in [0.05, 0.1) is 12.1 Å². The van der Waals surface area contributed by atoms with E-state index >= 15 is 0 Å². The number of benzene rings is 1. The summed E-state index contributed by atoms with van der Waals surface area (Å²) in [5, 5.41) is 15.2. The van der Waals surface area contributed by atoms with E-state index in [1.807, 2.05) is 23.1 Å². The third-order valence-electron chi connectivity index (χ3n) is 8.54. The molecule has 1 aromatic carbocycles. The van der Waals surface area contributed by atoms with Crippen molar-refractivity contribution in [3.05, 3.63) is 34.9 Å². The number of carbonyl (C=O) groups is 1. The lowest BCUT2D eigenvalue weighted by atomic mass is 9.74. The average molecular weight is 575 g/mol. The summed E-state index contributed by atoms with van der Waals surface area (Å²) in [6.07, 6.45) is 6.13. The third-order valence-corrected chi connectivity index (χ3v) is 8.78. The van der Waals surface area contributed by atoms with Crippen molar-refractivity contribution in [1.82, 2.24) is 10.2 Å². The molecule has 0 bridgehead atoms. The van der Waals surface area contributed by atoms with Crippen molar-refractivity contribution in [1.29, 1.82) is 0 Å². The van der Waals surface area contributed by atoms with Gasteiger partial charge >= 0.3 is 6.18 Å². The number of halogens is 4. The molecule has 3 rings (SSSR count). The molecule has 0 radical (unpaired) electrons. The van der Waals surface area contributed by atoms with Gasteiger partial charge in [0.2, 0.25) is 5.91 Å². The highest BCUT2D eigenvalue weighted by Gasteiger charge is 2.41. The van der Waals surface area contributed by atoms with Gasteiger partial charge in [0.25, 0.3) is 0 Å². The van der Waals surface area contributed by atoms with Gasteiger partial charge in [-0.3, -0.25) is 4.79 Å². The molecule has 222 valence electrons. The Bertz CT molecular complexity index is 881. The first kappa shape index (κ1) is 32.2. The highest BCUT2D eigenvalue weighted by Crippen LogP contribution is 2.41. The van der Waals surface area contributed by atoms with E-state index < -0.39 is 18.3 Å². The van der Waals surface area contributed by atoms with Crippen molar-refractivity contribution in [3.63, 3.8) is 0 Å². The topological polar surface area (TPSA) is 61.8 Å². The number of hydrogen-bond acceptors (Lipinski definition) is 4. The van der Waals surface area contributed by atoms with Gasteiger partial charge in [0.1, 0.15) is 0 Å². The molecule has 1 aliphatic carbocycles. The molecule has 9 heteroatoms. The molecule has 1 saturated carbocycles. The third kappa shape index (κ3) is 10.5. The molecular weight excluding hydrogens is 529 g/mol. The monoisotopic (exact) mass is 574 g/mol. The first-order valence-electron chi connectivity index (χ1n) is 14.6. The Labute approximate surface area is 236 Å². The average Bonchev–Trinajstić information content (AvgIpc) is 2.91. The van der Waals surface area contributed by atoms with Crippen molar-refractivity contribution in [2.24, 2.45) is 17.8 Å². The van der Waals surface area contributed by atoms with Crippen LogP contribution in [0.25, 0.3) is 0 Å². The standard InChI is InChI=1S/C30H46ClF3N2O3/c1-39-16-6-5-14-29(38,25-11-7-13-27(31)19-25)26-12-8-15-36(21-26)28(37)18-24(20-35-22-30(32,33)34)17-23-9-3-2-4-10-23/h7,11,13,19,23-24,26,35,38H,2-6,8-10,12,14-18,20-22H2,1H3/t24-,26-,29-/m1/s1. The molecule has 1 aliphatic heterocycles. The van der Waals surface area contributed by atoms with Crippen LogP contribution in [0.3, 0.4) is 0 Å². The van der Waals surface area contributed by atoms with Gasteiger partial charge < -0.3 is 20.1 Å². The maximum Gasteiger partial charge on any atom is 0.401 e. The Morgan fingerprint density at radius 1 is 1.18 bits per heavy atom. The highest BCUT2D eigenvalue weighted by molar-refractivity contribution is 6.30. The van der Waals surface area contributed by atoms with Crippen LogP contribution in [0.4, 0.5) is 13.2 Å². The smallest absolute Gasteiger partial charge is 0.385 e. The van der Waals surface area contributed by atoms with E-state index in [0.717, 1.165) is 63.4 Å². The summed E-state index contributed by atoms with van der Waals surface area (Å²) in [6, 6.07) is 7.33. The normalized spacial score (nSPS) is 21.5. The SMILES string of the molecule is COCCCC[C@@](O)(c1cccc(Cl)c1)[C@@H]1CCCN(C(=O)C[C@H](CNCC(F)(F)F)CC2CCCCC2)C1. The van der Waals surface area contributed by atoms with Gasteiger partial charge in [-0.25, -0.2) is 0 Å². The molecule has 0 spiro atoms. The zero-order valence-corrected chi connectivity index (χ0v) is 24.0. The van der Waals surface area contributed by atoms with Crippen molar-refractivity contribution < 1.29 is 27.8 Å². The summed E-state index contributed by atoms with van der Waals surface area (Å²) in [7, 11) is 1.66. The number of hydrogen-bond donors (Lipinski definition) is 2. The van der Waals surface area contributed by atoms with E-state index in [4.69, 9.17) is 16.3 Å². The van der Waals surface area contributed by atoms with E-state index in [1.54, 1.807) is 13.2 Å². The number of aliphatic hydroxyl groups is 1. The Balaban J connectivity index is 1.69. The van der Waals surface area contributed by atoms with Gasteiger partial charge in [0, 0.05) is 44.2 Å². The number of rotatable bonds is 14. The van der Waals surface area contributed by atoms with Crippen LogP contribution >= 0.6 is 11.6 Å². The number of nitrogens with zero attached hydrogens (tertiary/aromatic N) is 1. The van der Waals surface area contributed by atoms with E-state index in [-0.39, 0.29) is 30.7 Å². The Morgan fingerprint density at radius 2 is 1.95 bits per heavy atom. The second-order valence-corrected chi connectivity index (χ2v) is 12.1. The molecule has 39 heavy (non-hydrogen) atoms. The van der Waals surface area contributed by atoms with Gasteiger partial charge in [-0.2, -0.15) is 13.2 Å². The van der Waals surface area contributed by atoms with Crippen molar-refractivity contribution in [2.45, 2.75) is 88.8 Å². The summed E-state index contributed by atoms with van der Waals surface area (Å²) in [5.41, 5.74) is -0.369. The second kappa shape index (κ2) is 15.6. The molecule has 0 aromatic heterocycles. The maximum atomic E-state index is 13.5. The number of unbranched alkanes of at least 4 members (excludes halogenated alkanes) is 1. The predicted octanol–water partition coefficient (Wildman–Crippen LogP) is 6.71. The van der Waals surface area contributed by atoms with Crippen LogP contribution in [-0.2, 0) is 15.1 Å². The fourth-order valence-electron chi connectivity index (χ4n) is 6.50. The van der Waals surface area contributed by atoms with Crippen molar-refractivity contribution in [2.75, 3.05) is 39.9 Å². The fraction of sp³-hybridized carbons (Fsp3) is 0.767. The quantitative estimate of drug-likeness (QED) is 0.242. The summed E-state index contributed by atoms with van der Waals surface area (Å²) in [5.74, 6) is 0.154. The molecule has 1 aromatic rings. The van der Waals surface area contributed by atoms with Gasteiger partial charge in [-0.05, 0) is 74.6 Å². The molecule has 0 unspecified atom stereocenters. The molecule has 1 heterocycles. The first-order chi connectivity index (χ1) is 18.6. The zero-order chi connectivity index (χ0) is 28.3. The minimum absolute atomic E-state index is 0.0258. The number of amides is 1. The van der Waals surface area contributed by atoms with E-state index in [9.17, 15) is 23.1 Å². The number of ether oxygens (including phenoxy) is 1. The Hall–Kier alpha value is -1.35. The number of piperidine rings is 1. The summed E-state index contributed by atoms with van der Waals surface area (Å²) in [4.78, 5) is 15.4. The lowest BCUT2D eigenvalue weighted by Gasteiger charge is -2.43. The fourth-order valence-corrected chi connectivity index (χ4v) is 6.69. The molecule has 2 aliphatic rings. The lowest BCUT2D eigenvalue weighted by Crippen LogP contribution is -2.48. The summed E-state index contributed by atoms with van der Waals surface area (Å²) in [6.45, 7) is 0.801. The number of methoxy groups -OCH3 is 1. The maximum absolute atomic E-state index is 13.5. The first-order valence-corrected chi connectivity index (χ1v) is 15.0. The van der Waals surface area contributed by atoms with Crippen LogP contribution in [0, 0.1) is 17.8 Å². The Morgan fingerprint density at radius 3 is 2.64 bits per heavy atom. The van der Waals surface area contributed by atoms with Crippen LogP contribution in [0.5, 0.6) is 0 Å². The van der Waals surface area contributed by atoms with Crippen LogP contribution in [0.1, 0.15) is 82.6 Å².